The van der Waals surface area contributed by atoms with Gasteiger partial charge in [-0.2, -0.15) is 0 Å². The summed E-state index contributed by atoms with van der Waals surface area (Å²) in [6, 6.07) is 5.84. The van der Waals surface area contributed by atoms with Crippen LogP contribution < -0.4 is 0 Å². The van der Waals surface area contributed by atoms with Gasteiger partial charge in [0.15, 0.2) is 0 Å². The molecule has 1 fully saturated rings. The van der Waals surface area contributed by atoms with E-state index in [1.807, 2.05) is 12.1 Å². The Morgan fingerprint density at radius 3 is 2.73 bits per heavy atom. The molecule has 0 atom stereocenters. The van der Waals surface area contributed by atoms with E-state index in [1.54, 1.807) is 0 Å². The molecule has 0 amide bonds. The molecular formula is C9H10ClN. The van der Waals surface area contributed by atoms with E-state index in [4.69, 9.17) is 11.6 Å². The molecule has 0 N–H and O–H groups in total. The average Bonchev–Trinajstić information content (AvgIpc) is 2.70. The standard InChI is InChI=1S/C9H10ClN/c1-9(5-6-9)7-3-2-4-8(10)11-7/h2-4H,5-6H2,1H3. The summed E-state index contributed by atoms with van der Waals surface area (Å²) in [5.74, 6) is 0. The zero-order chi connectivity index (χ0) is 7.90. The SMILES string of the molecule is CC1(c2cccc(Cl)n2)CC1. The quantitative estimate of drug-likeness (QED) is 0.587. The number of hydrogen-bond donors (Lipinski definition) is 0. The van der Waals surface area contributed by atoms with Crippen LogP contribution in [0.3, 0.4) is 0 Å². The van der Waals surface area contributed by atoms with Crippen LogP contribution in [0.15, 0.2) is 18.2 Å². The summed E-state index contributed by atoms with van der Waals surface area (Å²) in [4.78, 5) is 4.27. The number of aromatic nitrogens is 1. The summed E-state index contributed by atoms with van der Waals surface area (Å²) >= 11 is 5.77. The first-order valence-electron chi connectivity index (χ1n) is 3.84. The van der Waals surface area contributed by atoms with Crippen molar-refractivity contribution in [2.45, 2.75) is 25.2 Å². The zero-order valence-electron chi connectivity index (χ0n) is 6.47. The van der Waals surface area contributed by atoms with E-state index in [2.05, 4.69) is 18.0 Å². The fraction of sp³-hybridized carbons (Fsp3) is 0.444. The molecule has 2 rings (SSSR count). The van der Waals surface area contributed by atoms with Gasteiger partial charge in [0.05, 0.1) is 0 Å². The first-order valence-corrected chi connectivity index (χ1v) is 4.22. The molecule has 0 radical (unpaired) electrons. The van der Waals surface area contributed by atoms with Gasteiger partial charge in [-0.25, -0.2) is 4.98 Å². The van der Waals surface area contributed by atoms with Crippen molar-refractivity contribution < 1.29 is 0 Å². The van der Waals surface area contributed by atoms with Gasteiger partial charge in [0, 0.05) is 11.1 Å². The molecular weight excluding hydrogens is 158 g/mol. The first-order chi connectivity index (χ1) is 5.21. The van der Waals surface area contributed by atoms with E-state index < -0.39 is 0 Å². The van der Waals surface area contributed by atoms with Gasteiger partial charge in [0.2, 0.25) is 0 Å². The second-order valence-corrected chi connectivity index (χ2v) is 3.79. The highest BCUT2D eigenvalue weighted by atomic mass is 35.5. The molecule has 2 heteroatoms. The van der Waals surface area contributed by atoms with E-state index in [0.29, 0.717) is 10.6 Å². The van der Waals surface area contributed by atoms with Crippen molar-refractivity contribution in [1.29, 1.82) is 0 Å². The molecule has 11 heavy (non-hydrogen) atoms. The van der Waals surface area contributed by atoms with Gasteiger partial charge in [0.1, 0.15) is 5.15 Å². The molecule has 1 aliphatic carbocycles. The molecule has 1 aromatic rings. The van der Waals surface area contributed by atoms with Crippen molar-refractivity contribution in [3.8, 4) is 0 Å². The highest BCUT2D eigenvalue weighted by molar-refractivity contribution is 6.29. The minimum Gasteiger partial charge on any atom is -0.241 e. The van der Waals surface area contributed by atoms with Crippen molar-refractivity contribution in [2.75, 3.05) is 0 Å². The van der Waals surface area contributed by atoms with Crippen molar-refractivity contribution in [3.63, 3.8) is 0 Å². The monoisotopic (exact) mass is 167 g/mol. The van der Waals surface area contributed by atoms with E-state index in [9.17, 15) is 0 Å². The molecule has 0 spiro atoms. The number of rotatable bonds is 1. The molecule has 58 valence electrons. The molecule has 1 aromatic heterocycles. The van der Waals surface area contributed by atoms with Gasteiger partial charge in [0.25, 0.3) is 0 Å². The van der Waals surface area contributed by atoms with Gasteiger partial charge in [-0.3, -0.25) is 0 Å². The Balaban J connectivity index is 2.38. The number of pyridine rings is 1. The van der Waals surface area contributed by atoms with E-state index in [1.165, 1.54) is 12.8 Å². The maximum absolute atomic E-state index is 5.77. The second-order valence-electron chi connectivity index (χ2n) is 3.41. The largest absolute Gasteiger partial charge is 0.241 e. The van der Waals surface area contributed by atoms with Crippen molar-refractivity contribution >= 4 is 11.6 Å². The van der Waals surface area contributed by atoms with Crippen molar-refractivity contribution in [3.05, 3.63) is 29.0 Å². The molecule has 0 aromatic carbocycles. The Bertz CT molecular complexity index is 279. The van der Waals surface area contributed by atoms with Crippen LogP contribution in [-0.2, 0) is 5.41 Å². The van der Waals surface area contributed by atoms with Crippen LogP contribution in [0, 0.1) is 0 Å². The number of hydrogen-bond acceptors (Lipinski definition) is 1. The predicted octanol–water partition coefficient (Wildman–Crippen LogP) is 2.79. The lowest BCUT2D eigenvalue weighted by atomic mass is 10.1. The molecule has 0 unspecified atom stereocenters. The van der Waals surface area contributed by atoms with Crippen molar-refractivity contribution in [1.82, 2.24) is 4.98 Å². The molecule has 0 saturated heterocycles. The van der Waals surface area contributed by atoms with E-state index in [-0.39, 0.29) is 0 Å². The van der Waals surface area contributed by atoms with E-state index >= 15 is 0 Å². The normalized spacial score (nSPS) is 19.8. The molecule has 1 aliphatic rings. The van der Waals surface area contributed by atoms with Gasteiger partial charge in [-0.15, -0.1) is 0 Å². The summed E-state index contributed by atoms with van der Waals surface area (Å²) in [6.45, 7) is 2.23. The third kappa shape index (κ3) is 1.25. The van der Waals surface area contributed by atoms with Gasteiger partial charge in [-0.05, 0) is 25.0 Å². The zero-order valence-corrected chi connectivity index (χ0v) is 7.23. The Hall–Kier alpha value is -0.560. The van der Waals surface area contributed by atoms with Crippen LogP contribution >= 0.6 is 11.6 Å². The van der Waals surface area contributed by atoms with Crippen LogP contribution in [0.5, 0.6) is 0 Å². The lowest BCUT2D eigenvalue weighted by Crippen LogP contribution is -2.02. The summed E-state index contributed by atoms with van der Waals surface area (Å²) in [7, 11) is 0. The minimum atomic E-state index is 0.338. The highest BCUT2D eigenvalue weighted by Gasteiger charge is 2.40. The predicted molar refractivity (Wildman–Crippen MR) is 45.8 cm³/mol. The molecule has 0 aliphatic heterocycles. The van der Waals surface area contributed by atoms with E-state index in [0.717, 1.165) is 5.69 Å². The Labute approximate surface area is 71.4 Å². The smallest absolute Gasteiger partial charge is 0.129 e. The molecule has 0 bridgehead atoms. The molecule has 1 heterocycles. The Morgan fingerprint density at radius 1 is 1.45 bits per heavy atom. The average molecular weight is 168 g/mol. The van der Waals surface area contributed by atoms with Gasteiger partial charge in [-0.1, -0.05) is 24.6 Å². The summed E-state index contributed by atoms with van der Waals surface area (Å²) in [5, 5.41) is 0.607. The second kappa shape index (κ2) is 2.21. The maximum atomic E-state index is 5.77. The Kier molecular flexibility index (Phi) is 1.43. The first kappa shape index (κ1) is 7.11. The van der Waals surface area contributed by atoms with Gasteiger partial charge >= 0.3 is 0 Å². The highest BCUT2D eigenvalue weighted by Crippen LogP contribution is 2.46. The van der Waals surface area contributed by atoms with Gasteiger partial charge < -0.3 is 0 Å². The summed E-state index contributed by atoms with van der Waals surface area (Å²) in [5.41, 5.74) is 1.48. The Morgan fingerprint density at radius 2 is 2.18 bits per heavy atom. The van der Waals surface area contributed by atoms with Crippen LogP contribution in [-0.4, -0.2) is 4.98 Å². The fourth-order valence-electron chi connectivity index (χ4n) is 1.19. The minimum absolute atomic E-state index is 0.338. The van der Waals surface area contributed by atoms with Crippen LogP contribution in [0.1, 0.15) is 25.5 Å². The number of halogens is 1. The summed E-state index contributed by atoms with van der Waals surface area (Å²) in [6.07, 6.45) is 2.50. The molecule has 1 saturated carbocycles. The lowest BCUT2D eigenvalue weighted by molar-refractivity contribution is 0.750. The van der Waals surface area contributed by atoms with Crippen LogP contribution in [0.2, 0.25) is 5.15 Å². The summed E-state index contributed by atoms with van der Waals surface area (Å²) < 4.78 is 0. The topological polar surface area (TPSA) is 12.9 Å². The molecule has 1 nitrogen and oxygen atoms in total. The fourth-order valence-corrected chi connectivity index (χ4v) is 1.35. The third-order valence-corrected chi connectivity index (χ3v) is 2.54. The number of nitrogens with zero attached hydrogens (tertiary/aromatic N) is 1. The third-order valence-electron chi connectivity index (χ3n) is 2.33. The lowest BCUT2D eigenvalue weighted by Gasteiger charge is -2.06. The van der Waals surface area contributed by atoms with Crippen molar-refractivity contribution in [2.24, 2.45) is 0 Å². The van der Waals surface area contributed by atoms with Crippen LogP contribution in [0.4, 0.5) is 0 Å². The van der Waals surface area contributed by atoms with Crippen LogP contribution in [0.25, 0.3) is 0 Å². The maximum Gasteiger partial charge on any atom is 0.129 e.